The highest BCUT2D eigenvalue weighted by Gasteiger charge is 2.53. The van der Waals surface area contributed by atoms with Gasteiger partial charge in [0.2, 0.25) is 0 Å². The summed E-state index contributed by atoms with van der Waals surface area (Å²) in [6.07, 6.45) is 0.799. The van der Waals surface area contributed by atoms with Crippen LogP contribution in [0.2, 0.25) is 0 Å². The van der Waals surface area contributed by atoms with Crippen LogP contribution in [0.4, 0.5) is 0 Å². The minimum Gasteiger partial charge on any atom is -0.393 e. The highest BCUT2D eigenvalue weighted by atomic mass is 16.6. The molecule has 0 spiro atoms. The molecule has 0 bridgehead atoms. The van der Waals surface area contributed by atoms with E-state index in [2.05, 4.69) is 0 Å². The van der Waals surface area contributed by atoms with Gasteiger partial charge in [-0.1, -0.05) is 60.7 Å². The summed E-state index contributed by atoms with van der Waals surface area (Å²) in [5.74, 6) is -3.50. The van der Waals surface area contributed by atoms with Crippen molar-refractivity contribution in [3.8, 4) is 0 Å². The van der Waals surface area contributed by atoms with Gasteiger partial charge in [0.15, 0.2) is 11.6 Å². The van der Waals surface area contributed by atoms with E-state index in [9.17, 15) is 19.2 Å². The van der Waals surface area contributed by atoms with E-state index in [4.69, 9.17) is 4.74 Å². The first kappa shape index (κ1) is 17.3. The Morgan fingerprint density at radius 3 is 1.33 bits per heavy atom. The second-order valence-corrected chi connectivity index (χ2v) is 7.10. The molecule has 5 heteroatoms. The predicted octanol–water partition coefficient (Wildman–Crippen LogP) is 3.09. The summed E-state index contributed by atoms with van der Waals surface area (Å²) in [5, 5.41) is 0. The number of Topliss-reactive ketones (excluding diaryl/α,β-unsaturated/α-hetero) is 2. The van der Waals surface area contributed by atoms with Crippen molar-refractivity contribution in [1.29, 1.82) is 0 Å². The van der Waals surface area contributed by atoms with Crippen LogP contribution in [-0.2, 0) is 14.3 Å². The van der Waals surface area contributed by atoms with Crippen LogP contribution in [0, 0.1) is 23.7 Å². The lowest BCUT2D eigenvalue weighted by atomic mass is 10.1. The third-order valence-corrected chi connectivity index (χ3v) is 5.18. The summed E-state index contributed by atoms with van der Waals surface area (Å²) < 4.78 is 4.95. The highest BCUT2D eigenvalue weighted by Crippen LogP contribution is 2.45. The van der Waals surface area contributed by atoms with Gasteiger partial charge in [-0.3, -0.25) is 19.2 Å². The second-order valence-electron chi connectivity index (χ2n) is 7.10. The van der Waals surface area contributed by atoms with E-state index >= 15 is 0 Å². The Labute approximate surface area is 156 Å². The SMILES string of the molecule is O=C(OC(=O)C1CC1C(=O)c1ccccc1)C1CC1C(=O)c1ccccc1. The molecule has 2 aliphatic rings. The molecule has 0 N–H and O–H groups in total. The summed E-state index contributed by atoms with van der Waals surface area (Å²) in [4.78, 5) is 49.0. The first-order chi connectivity index (χ1) is 13.1. The van der Waals surface area contributed by atoms with Crippen LogP contribution in [-0.4, -0.2) is 23.5 Å². The van der Waals surface area contributed by atoms with Crippen LogP contribution in [0.25, 0.3) is 0 Å². The van der Waals surface area contributed by atoms with Gasteiger partial charge in [-0.05, 0) is 12.8 Å². The fourth-order valence-corrected chi connectivity index (χ4v) is 3.37. The van der Waals surface area contributed by atoms with Crippen molar-refractivity contribution in [3.05, 3.63) is 71.8 Å². The Hall–Kier alpha value is -3.08. The van der Waals surface area contributed by atoms with Crippen LogP contribution < -0.4 is 0 Å². The third kappa shape index (κ3) is 3.58. The van der Waals surface area contributed by atoms with Crippen LogP contribution in [0.15, 0.2) is 60.7 Å². The second kappa shape index (κ2) is 6.91. The zero-order valence-corrected chi connectivity index (χ0v) is 14.5. The number of esters is 2. The maximum Gasteiger partial charge on any atom is 0.317 e. The molecule has 2 aromatic rings. The third-order valence-electron chi connectivity index (χ3n) is 5.18. The Morgan fingerprint density at radius 2 is 0.963 bits per heavy atom. The van der Waals surface area contributed by atoms with Crippen molar-refractivity contribution in [2.75, 3.05) is 0 Å². The lowest BCUT2D eigenvalue weighted by Crippen LogP contribution is -2.19. The first-order valence-corrected chi connectivity index (χ1v) is 9.00. The molecule has 4 unspecified atom stereocenters. The Balaban J connectivity index is 1.29. The molecule has 0 radical (unpaired) electrons. The predicted molar refractivity (Wildman–Crippen MR) is 95.8 cm³/mol. The van der Waals surface area contributed by atoms with Crippen molar-refractivity contribution in [3.63, 3.8) is 0 Å². The van der Waals surface area contributed by atoms with Gasteiger partial charge in [-0.25, -0.2) is 0 Å². The normalized spacial score (nSPS) is 25.3. The minimum atomic E-state index is -0.660. The standard InChI is InChI=1S/C22H18O5/c23-19(13-7-3-1-4-8-13)15-11-17(15)21(25)27-22(26)18-12-16(18)20(24)14-9-5-2-6-10-14/h1-10,15-18H,11-12H2. The fraction of sp³-hybridized carbons (Fsp3) is 0.273. The number of rotatable bonds is 6. The highest BCUT2D eigenvalue weighted by molar-refractivity contribution is 6.06. The number of hydrogen-bond acceptors (Lipinski definition) is 5. The molecular formula is C22H18O5. The van der Waals surface area contributed by atoms with E-state index in [0.29, 0.717) is 24.0 Å². The van der Waals surface area contributed by atoms with Crippen molar-refractivity contribution in [1.82, 2.24) is 0 Å². The quantitative estimate of drug-likeness (QED) is 0.448. The number of ketones is 2. The molecule has 5 nitrogen and oxygen atoms in total. The number of carbonyl (C=O) groups is 4. The van der Waals surface area contributed by atoms with Gasteiger partial charge in [0.1, 0.15) is 0 Å². The van der Waals surface area contributed by atoms with Crippen molar-refractivity contribution >= 4 is 23.5 Å². The van der Waals surface area contributed by atoms with Gasteiger partial charge in [-0.2, -0.15) is 0 Å². The number of benzene rings is 2. The topological polar surface area (TPSA) is 77.5 Å². The van der Waals surface area contributed by atoms with Gasteiger partial charge >= 0.3 is 11.9 Å². The lowest BCUT2D eigenvalue weighted by Gasteiger charge is -2.03. The summed E-state index contributed by atoms with van der Waals surface area (Å²) in [5.41, 5.74) is 1.11. The average molecular weight is 362 g/mol. The summed E-state index contributed by atoms with van der Waals surface area (Å²) >= 11 is 0. The monoisotopic (exact) mass is 362 g/mol. The maximum absolute atomic E-state index is 12.3. The van der Waals surface area contributed by atoms with E-state index in [1.54, 1.807) is 48.5 Å². The lowest BCUT2D eigenvalue weighted by molar-refractivity contribution is -0.161. The van der Waals surface area contributed by atoms with E-state index in [1.165, 1.54) is 0 Å². The van der Waals surface area contributed by atoms with E-state index in [1.807, 2.05) is 12.1 Å². The Morgan fingerprint density at radius 1 is 0.593 bits per heavy atom. The molecule has 0 amide bonds. The molecule has 0 aromatic heterocycles. The molecule has 136 valence electrons. The molecule has 0 aliphatic heterocycles. The molecule has 4 atom stereocenters. The number of ether oxygens (including phenoxy) is 1. The number of hydrogen-bond donors (Lipinski definition) is 0. The molecular weight excluding hydrogens is 344 g/mol. The molecule has 2 fully saturated rings. The average Bonchev–Trinajstić information content (AvgIpc) is 3.61. The summed E-state index contributed by atoms with van der Waals surface area (Å²) in [7, 11) is 0. The minimum absolute atomic E-state index is 0.103. The molecule has 2 aliphatic carbocycles. The molecule has 0 saturated heterocycles. The largest absolute Gasteiger partial charge is 0.393 e. The van der Waals surface area contributed by atoms with Crippen LogP contribution in [0.5, 0.6) is 0 Å². The van der Waals surface area contributed by atoms with E-state index in [0.717, 1.165) is 0 Å². The van der Waals surface area contributed by atoms with Crippen molar-refractivity contribution < 1.29 is 23.9 Å². The van der Waals surface area contributed by atoms with Gasteiger partial charge in [0.25, 0.3) is 0 Å². The first-order valence-electron chi connectivity index (χ1n) is 9.00. The zero-order valence-electron chi connectivity index (χ0n) is 14.5. The maximum atomic E-state index is 12.3. The van der Waals surface area contributed by atoms with Crippen molar-refractivity contribution in [2.45, 2.75) is 12.8 Å². The van der Waals surface area contributed by atoms with Gasteiger partial charge in [-0.15, -0.1) is 0 Å². The van der Waals surface area contributed by atoms with Crippen LogP contribution >= 0.6 is 0 Å². The van der Waals surface area contributed by atoms with Gasteiger partial charge in [0, 0.05) is 23.0 Å². The molecule has 27 heavy (non-hydrogen) atoms. The van der Waals surface area contributed by atoms with Crippen LogP contribution in [0.1, 0.15) is 33.6 Å². The van der Waals surface area contributed by atoms with Gasteiger partial charge in [0.05, 0.1) is 11.8 Å². The van der Waals surface area contributed by atoms with E-state index in [-0.39, 0.29) is 11.6 Å². The summed E-state index contributed by atoms with van der Waals surface area (Å²) in [6.45, 7) is 0. The molecule has 2 saturated carbocycles. The Kier molecular flexibility index (Phi) is 4.44. The van der Waals surface area contributed by atoms with Gasteiger partial charge < -0.3 is 4.74 Å². The molecule has 2 aromatic carbocycles. The van der Waals surface area contributed by atoms with Crippen LogP contribution in [0.3, 0.4) is 0 Å². The fourth-order valence-electron chi connectivity index (χ4n) is 3.37. The Bertz CT molecular complexity index is 827. The molecule has 0 heterocycles. The van der Waals surface area contributed by atoms with Crippen molar-refractivity contribution in [2.24, 2.45) is 23.7 Å². The summed E-state index contributed by atoms with van der Waals surface area (Å²) in [6, 6.07) is 17.5. The smallest absolute Gasteiger partial charge is 0.317 e. The zero-order chi connectivity index (χ0) is 19.0. The molecule has 4 rings (SSSR count). The number of carbonyl (C=O) groups excluding carboxylic acids is 4. The van der Waals surface area contributed by atoms with E-state index < -0.39 is 35.6 Å².